The van der Waals surface area contributed by atoms with Crippen molar-refractivity contribution >= 4 is 5.82 Å². The molecule has 1 aliphatic rings. The van der Waals surface area contributed by atoms with Crippen molar-refractivity contribution in [2.24, 2.45) is 0 Å². The molecule has 1 fully saturated rings. The lowest BCUT2D eigenvalue weighted by molar-refractivity contribution is 0.111. The lowest BCUT2D eigenvalue weighted by atomic mass is 9.99. The normalized spacial score (nSPS) is 21.6. The van der Waals surface area contributed by atoms with Gasteiger partial charge in [-0.15, -0.1) is 0 Å². The Morgan fingerprint density at radius 1 is 1.41 bits per heavy atom. The van der Waals surface area contributed by atoms with E-state index in [4.69, 9.17) is 10.8 Å². The Balaban J connectivity index is 2.00. The summed E-state index contributed by atoms with van der Waals surface area (Å²) in [7, 11) is 0. The summed E-state index contributed by atoms with van der Waals surface area (Å²) in [5.74, 6) is 0.582. The zero-order valence-electron chi connectivity index (χ0n) is 10.2. The van der Waals surface area contributed by atoms with E-state index >= 15 is 0 Å². The van der Waals surface area contributed by atoms with Crippen molar-refractivity contribution in [3.05, 3.63) is 23.9 Å². The third-order valence-electron chi connectivity index (χ3n) is 3.40. The summed E-state index contributed by atoms with van der Waals surface area (Å²) < 4.78 is 0. The molecule has 0 saturated carbocycles. The number of nitrogens with two attached hydrogens (primary N) is 1. The first-order valence-electron chi connectivity index (χ1n) is 6.36. The first kappa shape index (κ1) is 12.3. The Morgan fingerprint density at radius 3 is 3.06 bits per heavy atom. The van der Waals surface area contributed by atoms with Gasteiger partial charge in [0.05, 0.1) is 5.69 Å². The number of rotatable bonds is 4. The molecular formula is C13H21N3O. The fourth-order valence-corrected chi connectivity index (χ4v) is 2.54. The van der Waals surface area contributed by atoms with Crippen molar-refractivity contribution in [1.29, 1.82) is 0 Å². The Morgan fingerprint density at radius 2 is 2.29 bits per heavy atom. The highest BCUT2D eigenvalue weighted by Gasteiger charge is 2.22. The van der Waals surface area contributed by atoms with Crippen LogP contribution in [-0.2, 0) is 6.54 Å². The number of aromatic nitrogens is 1. The van der Waals surface area contributed by atoms with Crippen molar-refractivity contribution in [3.8, 4) is 0 Å². The van der Waals surface area contributed by atoms with E-state index < -0.39 is 0 Å². The molecule has 1 atom stereocenters. The van der Waals surface area contributed by atoms with Gasteiger partial charge in [0.1, 0.15) is 5.82 Å². The molecule has 0 spiro atoms. The van der Waals surface area contributed by atoms with Crippen LogP contribution < -0.4 is 5.73 Å². The maximum Gasteiger partial charge on any atom is 0.123 e. The van der Waals surface area contributed by atoms with Crippen molar-refractivity contribution in [3.63, 3.8) is 0 Å². The van der Waals surface area contributed by atoms with Gasteiger partial charge in [0.2, 0.25) is 0 Å². The highest BCUT2D eigenvalue weighted by Crippen LogP contribution is 2.21. The number of anilines is 1. The van der Waals surface area contributed by atoms with Crippen molar-refractivity contribution < 1.29 is 5.11 Å². The van der Waals surface area contributed by atoms with Gasteiger partial charge in [-0.05, 0) is 37.9 Å². The van der Waals surface area contributed by atoms with E-state index in [2.05, 4.69) is 9.88 Å². The first-order valence-corrected chi connectivity index (χ1v) is 6.36. The van der Waals surface area contributed by atoms with Gasteiger partial charge >= 0.3 is 0 Å². The molecule has 1 unspecified atom stereocenters. The molecule has 1 aromatic heterocycles. The zero-order chi connectivity index (χ0) is 12.1. The molecule has 0 amide bonds. The number of aliphatic hydroxyl groups excluding tert-OH is 1. The number of hydrogen-bond acceptors (Lipinski definition) is 4. The molecule has 2 rings (SSSR count). The summed E-state index contributed by atoms with van der Waals surface area (Å²) in [5, 5.41) is 9.08. The Kier molecular flexibility index (Phi) is 4.34. The van der Waals surface area contributed by atoms with Crippen LogP contribution in [0.5, 0.6) is 0 Å². The van der Waals surface area contributed by atoms with Crippen LogP contribution in [0, 0.1) is 0 Å². The predicted octanol–water partition coefficient (Wildman–Crippen LogP) is 1.40. The van der Waals surface area contributed by atoms with Crippen LogP contribution in [0.25, 0.3) is 0 Å². The molecule has 0 aromatic carbocycles. The van der Waals surface area contributed by atoms with Crippen LogP contribution in [0.4, 0.5) is 5.82 Å². The number of piperidine rings is 1. The molecule has 2 heterocycles. The highest BCUT2D eigenvalue weighted by atomic mass is 16.3. The average Bonchev–Trinajstić information content (AvgIpc) is 2.32. The molecule has 1 saturated heterocycles. The number of hydrogen-bond donors (Lipinski definition) is 2. The smallest absolute Gasteiger partial charge is 0.123 e. The van der Waals surface area contributed by atoms with Crippen molar-refractivity contribution in [1.82, 2.24) is 9.88 Å². The van der Waals surface area contributed by atoms with Gasteiger partial charge in [-0.2, -0.15) is 0 Å². The molecule has 0 aliphatic carbocycles. The largest absolute Gasteiger partial charge is 0.396 e. The Labute approximate surface area is 102 Å². The van der Waals surface area contributed by atoms with Gasteiger partial charge in [-0.1, -0.05) is 12.5 Å². The van der Waals surface area contributed by atoms with E-state index in [0.717, 1.165) is 25.2 Å². The minimum Gasteiger partial charge on any atom is -0.396 e. The molecule has 0 bridgehead atoms. The summed E-state index contributed by atoms with van der Waals surface area (Å²) in [6.45, 7) is 2.21. The van der Waals surface area contributed by atoms with E-state index in [1.54, 1.807) is 0 Å². The van der Waals surface area contributed by atoms with E-state index in [1.807, 2.05) is 18.2 Å². The summed E-state index contributed by atoms with van der Waals surface area (Å²) in [6, 6.07) is 6.27. The van der Waals surface area contributed by atoms with Crippen LogP contribution in [0.2, 0.25) is 0 Å². The summed E-state index contributed by atoms with van der Waals surface area (Å²) in [6.07, 6.45) is 4.56. The van der Waals surface area contributed by atoms with Gasteiger partial charge in [-0.25, -0.2) is 4.98 Å². The zero-order valence-corrected chi connectivity index (χ0v) is 10.2. The van der Waals surface area contributed by atoms with Crippen LogP contribution >= 0.6 is 0 Å². The third-order valence-corrected chi connectivity index (χ3v) is 3.40. The van der Waals surface area contributed by atoms with Crippen LogP contribution in [-0.4, -0.2) is 34.2 Å². The van der Waals surface area contributed by atoms with Gasteiger partial charge in [0.25, 0.3) is 0 Å². The van der Waals surface area contributed by atoms with Gasteiger partial charge < -0.3 is 10.8 Å². The minimum absolute atomic E-state index is 0.269. The fraction of sp³-hybridized carbons (Fsp3) is 0.615. The second kappa shape index (κ2) is 5.98. The average molecular weight is 235 g/mol. The van der Waals surface area contributed by atoms with E-state index in [1.165, 1.54) is 19.3 Å². The second-order valence-electron chi connectivity index (χ2n) is 4.69. The van der Waals surface area contributed by atoms with Crippen LogP contribution in [0.3, 0.4) is 0 Å². The standard InChI is InChI=1S/C13H21N3O/c14-13-6-3-4-11(15-13)10-16-8-2-1-5-12(16)7-9-17/h3-4,6,12,17H,1-2,5,7-10H2,(H2,14,15). The topological polar surface area (TPSA) is 62.4 Å². The van der Waals surface area contributed by atoms with Gasteiger partial charge in [-0.3, -0.25) is 4.90 Å². The third kappa shape index (κ3) is 3.41. The molecule has 94 valence electrons. The lowest BCUT2D eigenvalue weighted by Crippen LogP contribution is -2.39. The van der Waals surface area contributed by atoms with Crippen molar-refractivity contribution in [2.75, 3.05) is 18.9 Å². The summed E-state index contributed by atoms with van der Waals surface area (Å²) in [5.41, 5.74) is 6.71. The Bertz CT molecular complexity index is 354. The number of nitrogens with zero attached hydrogens (tertiary/aromatic N) is 2. The summed E-state index contributed by atoms with van der Waals surface area (Å²) >= 11 is 0. The number of nitrogen functional groups attached to an aromatic ring is 1. The fourth-order valence-electron chi connectivity index (χ4n) is 2.54. The van der Waals surface area contributed by atoms with Crippen molar-refractivity contribution in [2.45, 2.75) is 38.3 Å². The number of aliphatic hydroxyl groups is 1. The first-order chi connectivity index (χ1) is 8.29. The molecule has 1 aromatic rings. The van der Waals surface area contributed by atoms with E-state index in [-0.39, 0.29) is 6.61 Å². The molecular weight excluding hydrogens is 214 g/mol. The summed E-state index contributed by atoms with van der Waals surface area (Å²) in [4.78, 5) is 6.75. The quantitative estimate of drug-likeness (QED) is 0.828. The predicted molar refractivity (Wildman–Crippen MR) is 68.4 cm³/mol. The number of pyridine rings is 1. The molecule has 17 heavy (non-hydrogen) atoms. The van der Waals surface area contributed by atoms with E-state index in [9.17, 15) is 0 Å². The molecule has 4 heteroatoms. The van der Waals surface area contributed by atoms with E-state index in [0.29, 0.717) is 11.9 Å². The SMILES string of the molecule is Nc1cccc(CN2CCCCC2CCO)n1. The minimum atomic E-state index is 0.269. The number of likely N-dealkylation sites (tertiary alicyclic amines) is 1. The molecule has 1 aliphatic heterocycles. The van der Waals surface area contributed by atoms with Gasteiger partial charge in [0, 0.05) is 19.2 Å². The maximum absolute atomic E-state index is 9.08. The Hall–Kier alpha value is -1.13. The monoisotopic (exact) mass is 235 g/mol. The highest BCUT2D eigenvalue weighted by molar-refractivity contribution is 5.28. The maximum atomic E-state index is 9.08. The molecule has 4 nitrogen and oxygen atoms in total. The lowest BCUT2D eigenvalue weighted by Gasteiger charge is -2.35. The molecule has 3 N–H and O–H groups in total. The second-order valence-corrected chi connectivity index (χ2v) is 4.69. The van der Waals surface area contributed by atoms with Crippen LogP contribution in [0.15, 0.2) is 18.2 Å². The van der Waals surface area contributed by atoms with Gasteiger partial charge in [0.15, 0.2) is 0 Å². The van der Waals surface area contributed by atoms with Crippen LogP contribution in [0.1, 0.15) is 31.4 Å². The molecule has 0 radical (unpaired) electrons.